The Kier molecular flexibility index (Phi) is 5.01. The Morgan fingerprint density at radius 3 is 3.06 bits per heavy atom. The van der Waals surface area contributed by atoms with Crippen molar-refractivity contribution >= 4 is 5.91 Å². The largest absolute Gasteiger partial charge is 0.353 e. The van der Waals surface area contributed by atoms with E-state index < -0.39 is 0 Å². The molecule has 0 aromatic carbocycles. The molecule has 3 N–H and O–H groups in total. The third-order valence-corrected chi connectivity index (χ3v) is 4.29. The van der Waals surface area contributed by atoms with Gasteiger partial charge in [-0.05, 0) is 38.6 Å². The molecule has 3 atom stereocenters. The molecule has 2 aliphatic rings. The van der Waals surface area contributed by atoms with E-state index in [-0.39, 0.29) is 11.9 Å². The number of rotatable bonds is 5. The Hall–Kier alpha value is -0.610. The first-order valence-corrected chi connectivity index (χ1v) is 7.48. The minimum Gasteiger partial charge on any atom is -0.353 e. The van der Waals surface area contributed by atoms with Gasteiger partial charge in [0.1, 0.15) is 0 Å². The summed E-state index contributed by atoms with van der Waals surface area (Å²) < 4.78 is 0. The number of nitrogens with zero attached hydrogens (tertiary/aromatic N) is 1. The van der Waals surface area contributed by atoms with E-state index in [9.17, 15) is 4.79 Å². The highest BCUT2D eigenvalue weighted by atomic mass is 16.1. The second-order valence-electron chi connectivity index (χ2n) is 5.87. The quantitative estimate of drug-likeness (QED) is 0.775. The van der Waals surface area contributed by atoms with Crippen LogP contribution in [0, 0.1) is 0 Å². The first-order chi connectivity index (χ1) is 8.69. The molecule has 104 valence electrons. The minimum absolute atomic E-state index is 0.0292. The van der Waals surface area contributed by atoms with Gasteiger partial charge in [-0.2, -0.15) is 0 Å². The summed E-state index contributed by atoms with van der Waals surface area (Å²) in [6, 6.07) is 1.13. The lowest BCUT2D eigenvalue weighted by molar-refractivity contribution is -0.122. The maximum atomic E-state index is 11.9. The summed E-state index contributed by atoms with van der Waals surface area (Å²) in [5, 5.41) is 3.18. The zero-order valence-electron chi connectivity index (χ0n) is 11.5. The number of fused-ring (bicyclic) bond motifs is 1. The number of carbonyl (C=O) groups is 1. The average Bonchev–Trinajstić information content (AvgIpc) is 2.76. The predicted octanol–water partition coefficient (Wildman–Crippen LogP) is 1.25. The van der Waals surface area contributed by atoms with Gasteiger partial charge in [0.25, 0.3) is 0 Å². The summed E-state index contributed by atoms with van der Waals surface area (Å²) in [6.45, 7) is 4.51. The Bertz CT molecular complexity index is 282. The van der Waals surface area contributed by atoms with Gasteiger partial charge >= 0.3 is 0 Å². The molecular formula is C14H27N3O. The van der Waals surface area contributed by atoms with Crippen LogP contribution >= 0.6 is 0 Å². The van der Waals surface area contributed by atoms with E-state index in [1.807, 2.05) is 0 Å². The first-order valence-electron chi connectivity index (χ1n) is 7.48. The van der Waals surface area contributed by atoms with Crippen LogP contribution in [0.1, 0.15) is 51.9 Å². The van der Waals surface area contributed by atoms with Crippen LogP contribution in [0.3, 0.4) is 0 Å². The molecular weight excluding hydrogens is 226 g/mol. The summed E-state index contributed by atoms with van der Waals surface area (Å²) in [5.74, 6) is 0.146. The standard InChI is InChI=1S/C14H27N3O/c1-2-4-11(15)9-14(18)16-12-6-8-17-7-3-5-13(17)10-12/h11-13H,2-10,15H2,1H3,(H,16,18). The molecule has 18 heavy (non-hydrogen) atoms. The van der Waals surface area contributed by atoms with Crippen molar-refractivity contribution < 1.29 is 4.79 Å². The summed E-state index contributed by atoms with van der Waals surface area (Å²) in [6.07, 6.45) is 7.34. The summed E-state index contributed by atoms with van der Waals surface area (Å²) >= 11 is 0. The summed E-state index contributed by atoms with van der Waals surface area (Å²) in [4.78, 5) is 14.5. The zero-order valence-corrected chi connectivity index (χ0v) is 11.5. The van der Waals surface area contributed by atoms with E-state index in [0.29, 0.717) is 18.5 Å². The Morgan fingerprint density at radius 2 is 2.28 bits per heavy atom. The van der Waals surface area contributed by atoms with Gasteiger partial charge in [0.2, 0.25) is 5.91 Å². The van der Waals surface area contributed by atoms with Gasteiger partial charge < -0.3 is 16.0 Å². The van der Waals surface area contributed by atoms with E-state index in [1.54, 1.807) is 0 Å². The van der Waals surface area contributed by atoms with Gasteiger partial charge in [-0.25, -0.2) is 0 Å². The minimum atomic E-state index is 0.0292. The molecule has 0 radical (unpaired) electrons. The van der Waals surface area contributed by atoms with Crippen LogP contribution < -0.4 is 11.1 Å². The van der Waals surface area contributed by atoms with E-state index in [4.69, 9.17) is 5.73 Å². The van der Waals surface area contributed by atoms with Gasteiger partial charge in [-0.1, -0.05) is 13.3 Å². The van der Waals surface area contributed by atoms with Crippen molar-refractivity contribution in [3.8, 4) is 0 Å². The molecule has 3 unspecified atom stereocenters. The van der Waals surface area contributed by atoms with Crippen molar-refractivity contribution in [1.82, 2.24) is 10.2 Å². The molecule has 2 heterocycles. The van der Waals surface area contributed by atoms with Crippen molar-refractivity contribution in [1.29, 1.82) is 0 Å². The van der Waals surface area contributed by atoms with Gasteiger partial charge in [0.05, 0.1) is 0 Å². The van der Waals surface area contributed by atoms with Crippen molar-refractivity contribution in [3.63, 3.8) is 0 Å². The first kappa shape index (κ1) is 13.8. The van der Waals surface area contributed by atoms with Gasteiger partial charge in [0.15, 0.2) is 0 Å². The topological polar surface area (TPSA) is 58.4 Å². The molecule has 0 spiro atoms. The van der Waals surface area contributed by atoms with Crippen LogP contribution in [0.15, 0.2) is 0 Å². The van der Waals surface area contributed by atoms with Gasteiger partial charge in [-0.3, -0.25) is 4.79 Å². The Labute approximate surface area is 110 Å². The van der Waals surface area contributed by atoms with Gasteiger partial charge in [-0.15, -0.1) is 0 Å². The lowest BCUT2D eigenvalue weighted by Gasteiger charge is -2.35. The normalized spacial score (nSPS) is 29.9. The number of amides is 1. The van der Waals surface area contributed by atoms with Crippen molar-refractivity contribution in [2.45, 2.75) is 70.0 Å². The van der Waals surface area contributed by atoms with Crippen LogP contribution in [0.2, 0.25) is 0 Å². The lowest BCUT2D eigenvalue weighted by Crippen LogP contribution is -2.48. The van der Waals surface area contributed by atoms with Gasteiger partial charge in [0, 0.05) is 31.1 Å². The maximum Gasteiger partial charge on any atom is 0.221 e. The fourth-order valence-corrected chi connectivity index (χ4v) is 3.35. The molecule has 0 bridgehead atoms. The number of nitrogens with one attached hydrogen (secondary N) is 1. The monoisotopic (exact) mass is 253 g/mol. The molecule has 2 rings (SSSR count). The molecule has 2 saturated heterocycles. The lowest BCUT2D eigenvalue weighted by atomic mass is 9.97. The van der Waals surface area contributed by atoms with Crippen LogP contribution in [0.4, 0.5) is 0 Å². The Morgan fingerprint density at radius 1 is 1.44 bits per heavy atom. The highest BCUT2D eigenvalue weighted by Gasteiger charge is 2.32. The predicted molar refractivity (Wildman–Crippen MR) is 73.3 cm³/mol. The summed E-state index contributed by atoms with van der Waals surface area (Å²) in [5.41, 5.74) is 5.91. The second kappa shape index (κ2) is 6.53. The van der Waals surface area contributed by atoms with Crippen LogP contribution in [-0.2, 0) is 4.79 Å². The van der Waals surface area contributed by atoms with Crippen molar-refractivity contribution in [2.24, 2.45) is 5.73 Å². The van der Waals surface area contributed by atoms with E-state index in [0.717, 1.165) is 32.2 Å². The highest BCUT2D eigenvalue weighted by Crippen LogP contribution is 2.26. The molecule has 1 amide bonds. The van der Waals surface area contributed by atoms with E-state index in [2.05, 4.69) is 17.1 Å². The number of nitrogens with two attached hydrogens (primary N) is 1. The van der Waals surface area contributed by atoms with Crippen LogP contribution in [0.25, 0.3) is 0 Å². The van der Waals surface area contributed by atoms with Crippen LogP contribution in [0.5, 0.6) is 0 Å². The molecule has 0 aromatic rings. The molecule has 0 aliphatic carbocycles. The average molecular weight is 253 g/mol. The second-order valence-corrected chi connectivity index (χ2v) is 5.87. The Balaban J connectivity index is 1.71. The zero-order chi connectivity index (χ0) is 13.0. The third-order valence-electron chi connectivity index (χ3n) is 4.29. The molecule has 0 saturated carbocycles. The van der Waals surface area contributed by atoms with Crippen molar-refractivity contribution in [2.75, 3.05) is 13.1 Å². The third kappa shape index (κ3) is 3.69. The molecule has 2 aliphatic heterocycles. The van der Waals surface area contributed by atoms with Crippen LogP contribution in [-0.4, -0.2) is 42.0 Å². The highest BCUT2D eigenvalue weighted by molar-refractivity contribution is 5.76. The smallest absolute Gasteiger partial charge is 0.221 e. The fourth-order valence-electron chi connectivity index (χ4n) is 3.35. The van der Waals surface area contributed by atoms with E-state index >= 15 is 0 Å². The number of carbonyl (C=O) groups excluding carboxylic acids is 1. The summed E-state index contributed by atoms with van der Waals surface area (Å²) in [7, 11) is 0. The SMILES string of the molecule is CCCC(N)CC(=O)NC1CCN2CCCC2C1. The number of piperidine rings is 1. The maximum absolute atomic E-state index is 11.9. The molecule has 4 heteroatoms. The van der Waals surface area contributed by atoms with Crippen molar-refractivity contribution in [3.05, 3.63) is 0 Å². The number of hydrogen-bond acceptors (Lipinski definition) is 3. The molecule has 2 fully saturated rings. The molecule has 4 nitrogen and oxygen atoms in total. The molecule has 0 aromatic heterocycles. The van der Waals surface area contributed by atoms with E-state index in [1.165, 1.54) is 19.4 Å². The fraction of sp³-hybridized carbons (Fsp3) is 0.929. The number of hydrogen-bond donors (Lipinski definition) is 2.